The van der Waals surface area contributed by atoms with E-state index in [4.69, 9.17) is 4.74 Å². The summed E-state index contributed by atoms with van der Waals surface area (Å²) in [5.74, 6) is 0. The Morgan fingerprint density at radius 3 is 2.93 bits per heavy atom. The minimum Gasteiger partial charge on any atom is -0.449 e. The maximum absolute atomic E-state index is 11.5. The van der Waals surface area contributed by atoms with Gasteiger partial charge in [0.15, 0.2) is 0 Å². The fourth-order valence-corrected chi connectivity index (χ4v) is 2.19. The number of benzene rings is 1. The number of para-hydroxylation sites is 1. The van der Waals surface area contributed by atoms with Crippen LogP contribution in [0.2, 0.25) is 0 Å². The Kier molecular flexibility index (Phi) is 2.55. The summed E-state index contributed by atoms with van der Waals surface area (Å²) in [5.41, 5.74) is 0.603. The standard InChI is InChI=1S/C10H9NO3S/c1-2-14-9(12)11-7-5-3-4-6-8(7)15-10(11)13/h3-6H,2H2,1H3. The zero-order chi connectivity index (χ0) is 10.8. The van der Waals surface area contributed by atoms with Gasteiger partial charge in [0.1, 0.15) is 0 Å². The van der Waals surface area contributed by atoms with Crippen molar-refractivity contribution in [2.24, 2.45) is 0 Å². The molecule has 0 fully saturated rings. The van der Waals surface area contributed by atoms with E-state index in [1.165, 1.54) is 0 Å². The van der Waals surface area contributed by atoms with Crippen molar-refractivity contribution >= 4 is 27.6 Å². The molecule has 0 aliphatic carbocycles. The van der Waals surface area contributed by atoms with Crippen molar-refractivity contribution in [3.05, 3.63) is 33.9 Å². The predicted molar refractivity (Wildman–Crippen MR) is 58.5 cm³/mol. The molecule has 0 amide bonds. The zero-order valence-electron chi connectivity index (χ0n) is 8.10. The van der Waals surface area contributed by atoms with Crippen LogP contribution in [0, 0.1) is 0 Å². The molecule has 4 nitrogen and oxygen atoms in total. The van der Waals surface area contributed by atoms with Crippen molar-refractivity contribution in [2.75, 3.05) is 6.61 Å². The molecule has 0 aliphatic heterocycles. The highest BCUT2D eigenvalue weighted by Crippen LogP contribution is 2.16. The van der Waals surface area contributed by atoms with Gasteiger partial charge >= 0.3 is 11.0 Å². The van der Waals surface area contributed by atoms with Gasteiger partial charge in [-0.25, -0.2) is 9.36 Å². The SMILES string of the molecule is CCOC(=O)n1c(=O)sc2ccccc21. The van der Waals surface area contributed by atoms with E-state index < -0.39 is 6.09 Å². The van der Waals surface area contributed by atoms with Crippen molar-refractivity contribution in [1.29, 1.82) is 0 Å². The molecular weight excluding hydrogens is 214 g/mol. The lowest BCUT2D eigenvalue weighted by molar-refractivity contribution is 0.154. The number of thiazole rings is 1. The minimum atomic E-state index is -0.611. The molecule has 0 saturated heterocycles. The second-order valence-corrected chi connectivity index (χ2v) is 3.86. The van der Waals surface area contributed by atoms with E-state index in [1.807, 2.05) is 6.07 Å². The van der Waals surface area contributed by atoms with Crippen molar-refractivity contribution in [2.45, 2.75) is 6.92 Å². The van der Waals surface area contributed by atoms with Crippen LogP contribution >= 0.6 is 11.3 Å². The Morgan fingerprint density at radius 2 is 2.20 bits per heavy atom. The number of carbonyl (C=O) groups is 1. The summed E-state index contributed by atoms with van der Waals surface area (Å²) in [6.07, 6.45) is -0.611. The Labute approximate surface area is 89.7 Å². The van der Waals surface area contributed by atoms with Crippen LogP contribution in [0.15, 0.2) is 29.1 Å². The zero-order valence-corrected chi connectivity index (χ0v) is 8.91. The quantitative estimate of drug-likeness (QED) is 0.743. The van der Waals surface area contributed by atoms with E-state index in [9.17, 15) is 9.59 Å². The van der Waals surface area contributed by atoms with Crippen molar-refractivity contribution in [3.63, 3.8) is 0 Å². The second-order valence-electron chi connectivity index (χ2n) is 2.87. The molecule has 0 saturated carbocycles. The van der Waals surface area contributed by atoms with E-state index in [0.717, 1.165) is 20.6 Å². The number of carbonyl (C=O) groups excluding carboxylic acids is 1. The molecule has 0 atom stereocenters. The van der Waals surface area contributed by atoms with Crippen LogP contribution in [-0.4, -0.2) is 17.3 Å². The van der Waals surface area contributed by atoms with Crippen LogP contribution in [0.1, 0.15) is 6.92 Å². The van der Waals surface area contributed by atoms with Crippen molar-refractivity contribution in [1.82, 2.24) is 4.57 Å². The lowest BCUT2D eigenvalue weighted by Gasteiger charge is -2.01. The van der Waals surface area contributed by atoms with E-state index in [-0.39, 0.29) is 11.5 Å². The molecule has 1 aromatic heterocycles. The average molecular weight is 223 g/mol. The summed E-state index contributed by atoms with van der Waals surface area (Å²) in [6.45, 7) is 1.97. The third-order valence-corrected chi connectivity index (χ3v) is 2.86. The number of hydrogen-bond acceptors (Lipinski definition) is 4. The lowest BCUT2D eigenvalue weighted by Crippen LogP contribution is -2.22. The van der Waals surface area contributed by atoms with E-state index >= 15 is 0 Å². The van der Waals surface area contributed by atoms with Crippen LogP contribution < -0.4 is 4.87 Å². The first-order chi connectivity index (χ1) is 7.24. The molecule has 0 N–H and O–H groups in total. The van der Waals surface area contributed by atoms with Gasteiger partial charge in [-0.3, -0.25) is 4.79 Å². The molecule has 0 spiro atoms. The smallest absolute Gasteiger partial charge is 0.422 e. The summed E-state index contributed by atoms with van der Waals surface area (Å²) < 4.78 is 6.65. The summed E-state index contributed by atoms with van der Waals surface area (Å²) >= 11 is 1.04. The van der Waals surface area contributed by atoms with Gasteiger partial charge in [-0.15, -0.1) is 0 Å². The molecule has 1 heterocycles. The van der Waals surface area contributed by atoms with Crippen molar-refractivity contribution in [3.8, 4) is 0 Å². The van der Waals surface area contributed by atoms with Crippen LogP contribution in [0.3, 0.4) is 0 Å². The number of rotatable bonds is 1. The molecule has 0 radical (unpaired) electrons. The highest BCUT2D eigenvalue weighted by Gasteiger charge is 2.14. The number of nitrogens with zero attached hydrogens (tertiary/aromatic N) is 1. The minimum absolute atomic E-state index is 0.259. The van der Waals surface area contributed by atoms with Crippen LogP contribution in [-0.2, 0) is 4.74 Å². The van der Waals surface area contributed by atoms with E-state index in [0.29, 0.717) is 5.52 Å². The Morgan fingerprint density at radius 1 is 1.47 bits per heavy atom. The third-order valence-electron chi connectivity index (χ3n) is 1.94. The van der Waals surface area contributed by atoms with Gasteiger partial charge in [0, 0.05) is 0 Å². The molecule has 5 heteroatoms. The Bertz CT molecular complexity index is 555. The molecule has 15 heavy (non-hydrogen) atoms. The van der Waals surface area contributed by atoms with Gasteiger partial charge in [0.25, 0.3) is 0 Å². The van der Waals surface area contributed by atoms with Gasteiger partial charge in [-0.1, -0.05) is 23.5 Å². The number of hydrogen-bond donors (Lipinski definition) is 0. The summed E-state index contributed by atoms with van der Waals surface area (Å²) in [5, 5.41) is 0. The highest BCUT2D eigenvalue weighted by atomic mass is 32.1. The first-order valence-electron chi connectivity index (χ1n) is 4.51. The molecule has 78 valence electrons. The number of fused-ring (bicyclic) bond motifs is 1. The van der Waals surface area contributed by atoms with Crippen LogP contribution in [0.4, 0.5) is 4.79 Å². The van der Waals surface area contributed by atoms with Gasteiger partial charge in [0.2, 0.25) is 0 Å². The Balaban J connectivity index is 2.64. The monoisotopic (exact) mass is 223 g/mol. The Hall–Kier alpha value is -1.62. The van der Waals surface area contributed by atoms with E-state index in [2.05, 4.69) is 0 Å². The molecule has 0 bridgehead atoms. The first-order valence-corrected chi connectivity index (χ1v) is 5.33. The second kappa shape index (κ2) is 3.86. The van der Waals surface area contributed by atoms with Crippen molar-refractivity contribution < 1.29 is 9.53 Å². The summed E-state index contributed by atoms with van der Waals surface area (Å²) in [4.78, 5) is 22.7. The summed E-state index contributed by atoms with van der Waals surface area (Å²) in [6, 6.07) is 7.14. The van der Waals surface area contributed by atoms with Gasteiger partial charge in [-0.05, 0) is 19.1 Å². The fraction of sp³-hybridized carbons (Fsp3) is 0.200. The maximum Gasteiger partial charge on any atom is 0.422 e. The fourth-order valence-electron chi connectivity index (χ4n) is 1.33. The number of ether oxygens (including phenoxy) is 1. The molecule has 2 aromatic rings. The normalized spacial score (nSPS) is 10.5. The molecule has 2 rings (SSSR count). The van der Waals surface area contributed by atoms with Gasteiger partial charge in [-0.2, -0.15) is 0 Å². The topological polar surface area (TPSA) is 48.3 Å². The van der Waals surface area contributed by atoms with Gasteiger partial charge in [0.05, 0.1) is 16.8 Å². The maximum atomic E-state index is 11.5. The predicted octanol–water partition coefficient (Wildman–Crippen LogP) is 2.07. The third kappa shape index (κ3) is 1.66. The van der Waals surface area contributed by atoms with Crippen LogP contribution in [0.5, 0.6) is 0 Å². The molecule has 0 aliphatic rings. The number of aromatic nitrogens is 1. The molecule has 0 unspecified atom stereocenters. The molecule has 1 aromatic carbocycles. The van der Waals surface area contributed by atoms with Crippen LogP contribution in [0.25, 0.3) is 10.2 Å². The molecular formula is C10H9NO3S. The average Bonchev–Trinajstić information content (AvgIpc) is 2.54. The highest BCUT2D eigenvalue weighted by molar-refractivity contribution is 7.16. The lowest BCUT2D eigenvalue weighted by atomic mass is 10.3. The van der Waals surface area contributed by atoms with E-state index in [1.54, 1.807) is 25.1 Å². The summed E-state index contributed by atoms with van der Waals surface area (Å²) in [7, 11) is 0. The largest absolute Gasteiger partial charge is 0.449 e. The first kappa shape index (κ1) is 9.92. The van der Waals surface area contributed by atoms with Gasteiger partial charge < -0.3 is 4.74 Å².